The third-order valence-corrected chi connectivity index (χ3v) is 3.21. The van der Waals surface area contributed by atoms with Gasteiger partial charge in [0.05, 0.1) is 6.04 Å². The summed E-state index contributed by atoms with van der Waals surface area (Å²) in [6.07, 6.45) is 4.86. The molecule has 0 radical (unpaired) electrons. The first-order valence-corrected chi connectivity index (χ1v) is 5.63. The number of carboxylic acids is 1. The number of ether oxygens (including phenoxy) is 1. The molecule has 2 aliphatic rings. The van der Waals surface area contributed by atoms with Gasteiger partial charge in [0, 0.05) is 11.6 Å². The van der Waals surface area contributed by atoms with E-state index in [9.17, 15) is 9.59 Å². The topological polar surface area (TPSA) is 66.8 Å². The molecule has 1 fully saturated rings. The molecule has 2 heterocycles. The van der Waals surface area contributed by atoms with Crippen molar-refractivity contribution in [1.29, 1.82) is 0 Å². The number of carboxylic acid groups (broad SMARTS) is 1. The second-order valence-electron chi connectivity index (χ2n) is 4.27. The first-order valence-electron chi connectivity index (χ1n) is 5.63. The molecule has 5 heteroatoms. The average Bonchev–Trinajstić information content (AvgIpc) is 2.56. The zero-order valence-electron chi connectivity index (χ0n) is 9.46. The van der Waals surface area contributed by atoms with Crippen molar-refractivity contribution in [1.82, 2.24) is 4.90 Å². The van der Waals surface area contributed by atoms with Crippen molar-refractivity contribution in [2.24, 2.45) is 0 Å². The van der Waals surface area contributed by atoms with Crippen LogP contribution in [0.5, 0.6) is 0 Å². The Morgan fingerprint density at radius 1 is 1.59 bits per heavy atom. The van der Waals surface area contributed by atoms with Crippen LogP contribution < -0.4 is 0 Å². The largest absolute Gasteiger partial charge is 0.478 e. The molecule has 0 aliphatic carbocycles. The Morgan fingerprint density at radius 3 is 2.94 bits per heavy atom. The Balaban J connectivity index is 2.10. The lowest BCUT2D eigenvalue weighted by atomic mass is 10.0. The van der Waals surface area contributed by atoms with Gasteiger partial charge in [-0.05, 0) is 19.3 Å². The quantitative estimate of drug-likeness (QED) is 0.756. The highest BCUT2D eigenvalue weighted by molar-refractivity contribution is 5.87. The van der Waals surface area contributed by atoms with Crippen molar-refractivity contribution in [3.05, 3.63) is 24.3 Å². The summed E-state index contributed by atoms with van der Waals surface area (Å²) in [6.45, 7) is 3.67. The predicted octanol–water partition coefficient (Wildman–Crippen LogP) is 1.56. The summed E-state index contributed by atoms with van der Waals surface area (Å²) in [7, 11) is 0. The van der Waals surface area contributed by atoms with E-state index >= 15 is 0 Å². The Morgan fingerprint density at radius 2 is 2.35 bits per heavy atom. The molecule has 2 unspecified atom stereocenters. The molecule has 2 aliphatic heterocycles. The van der Waals surface area contributed by atoms with Crippen molar-refractivity contribution in [3.8, 4) is 0 Å². The maximum Gasteiger partial charge on any atom is 0.410 e. The Labute approximate surface area is 99.4 Å². The summed E-state index contributed by atoms with van der Waals surface area (Å²) in [5, 5.41) is 8.95. The molecule has 0 aromatic heterocycles. The summed E-state index contributed by atoms with van der Waals surface area (Å²) in [5.41, 5.74) is 0.408. The van der Waals surface area contributed by atoms with Gasteiger partial charge in [0.1, 0.15) is 6.61 Å². The molecular formula is C12H15NO4. The second-order valence-corrected chi connectivity index (χ2v) is 4.27. The average molecular weight is 237 g/mol. The number of carbonyl (C=O) groups excluding carboxylic acids is 1. The molecule has 5 nitrogen and oxygen atoms in total. The van der Waals surface area contributed by atoms with Crippen LogP contribution in [-0.2, 0) is 9.53 Å². The maximum absolute atomic E-state index is 11.8. The maximum atomic E-state index is 11.8. The SMILES string of the molecule is C=CCOC(=O)N1C2C=C(C(=O)O)CC1CC2. The van der Waals surface area contributed by atoms with E-state index in [1.807, 2.05) is 0 Å². The van der Waals surface area contributed by atoms with Crippen LogP contribution in [0.1, 0.15) is 19.3 Å². The molecule has 0 spiro atoms. The highest BCUT2D eigenvalue weighted by Crippen LogP contribution is 2.35. The number of rotatable bonds is 3. The molecule has 0 saturated carbocycles. The fourth-order valence-corrected chi connectivity index (χ4v) is 2.48. The number of nitrogens with zero attached hydrogens (tertiary/aromatic N) is 1. The van der Waals surface area contributed by atoms with Gasteiger partial charge in [-0.25, -0.2) is 9.59 Å². The Bertz CT molecular complexity index is 388. The molecule has 1 saturated heterocycles. The van der Waals surface area contributed by atoms with Crippen LogP contribution in [0.15, 0.2) is 24.3 Å². The van der Waals surface area contributed by atoms with Gasteiger partial charge in [0.25, 0.3) is 0 Å². The number of carbonyl (C=O) groups is 2. The third kappa shape index (κ3) is 2.18. The minimum Gasteiger partial charge on any atom is -0.478 e. The lowest BCUT2D eigenvalue weighted by molar-refractivity contribution is -0.133. The second kappa shape index (κ2) is 4.61. The molecule has 0 aromatic carbocycles. The minimum absolute atomic E-state index is 0.0339. The minimum atomic E-state index is -0.888. The monoisotopic (exact) mass is 237 g/mol. The van der Waals surface area contributed by atoms with E-state index < -0.39 is 5.97 Å². The van der Waals surface area contributed by atoms with Crippen molar-refractivity contribution in [2.45, 2.75) is 31.3 Å². The van der Waals surface area contributed by atoms with Crippen LogP contribution in [0.4, 0.5) is 4.79 Å². The van der Waals surface area contributed by atoms with Crippen molar-refractivity contribution in [3.63, 3.8) is 0 Å². The van der Waals surface area contributed by atoms with Gasteiger partial charge in [0.2, 0.25) is 0 Å². The van der Waals surface area contributed by atoms with Crippen LogP contribution in [0, 0.1) is 0 Å². The summed E-state index contributed by atoms with van der Waals surface area (Å²) >= 11 is 0. The third-order valence-electron chi connectivity index (χ3n) is 3.21. The molecule has 1 amide bonds. The van der Waals surface area contributed by atoms with Crippen molar-refractivity contribution >= 4 is 12.1 Å². The number of hydrogen-bond donors (Lipinski definition) is 1. The van der Waals surface area contributed by atoms with Gasteiger partial charge in [-0.3, -0.25) is 4.90 Å². The summed E-state index contributed by atoms with van der Waals surface area (Å²) < 4.78 is 5.00. The summed E-state index contributed by atoms with van der Waals surface area (Å²) in [4.78, 5) is 24.3. The molecular weight excluding hydrogens is 222 g/mol. The highest BCUT2D eigenvalue weighted by atomic mass is 16.6. The van der Waals surface area contributed by atoms with E-state index in [4.69, 9.17) is 9.84 Å². The lowest BCUT2D eigenvalue weighted by Gasteiger charge is -2.31. The standard InChI is InChI=1S/C12H15NO4/c1-2-5-17-12(16)13-9-3-4-10(13)7-8(6-9)11(14)15/h2,6,9-10H,1,3-5,7H2,(H,14,15). The van der Waals surface area contributed by atoms with Gasteiger partial charge < -0.3 is 9.84 Å². The highest BCUT2D eigenvalue weighted by Gasteiger charge is 2.41. The van der Waals surface area contributed by atoms with Crippen molar-refractivity contribution in [2.75, 3.05) is 6.61 Å². The van der Waals surface area contributed by atoms with Crippen LogP contribution in [0.25, 0.3) is 0 Å². The zero-order chi connectivity index (χ0) is 12.4. The smallest absolute Gasteiger partial charge is 0.410 e. The molecule has 17 heavy (non-hydrogen) atoms. The van der Waals surface area contributed by atoms with Gasteiger partial charge >= 0.3 is 12.1 Å². The van der Waals surface area contributed by atoms with Crippen molar-refractivity contribution < 1.29 is 19.4 Å². The number of aliphatic carboxylic acids is 1. The lowest BCUT2D eigenvalue weighted by Crippen LogP contribution is -2.44. The predicted molar refractivity (Wildman–Crippen MR) is 60.5 cm³/mol. The van der Waals surface area contributed by atoms with Gasteiger partial charge in [-0.2, -0.15) is 0 Å². The van der Waals surface area contributed by atoms with E-state index in [-0.39, 0.29) is 24.8 Å². The Kier molecular flexibility index (Phi) is 3.17. The molecule has 2 bridgehead atoms. The summed E-state index contributed by atoms with van der Waals surface area (Å²) in [5.74, 6) is -0.888. The fraction of sp³-hybridized carbons (Fsp3) is 0.500. The van der Waals surface area contributed by atoms with E-state index in [2.05, 4.69) is 6.58 Å². The molecule has 1 N–H and O–H groups in total. The first-order chi connectivity index (χ1) is 8.13. The molecule has 2 rings (SSSR count). The summed E-state index contributed by atoms with van der Waals surface area (Å²) in [6, 6.07) is -0.161. The number of amides is 1. The van der Waals surface area contributed by atoms with E-state index in [1.165, 1.54) is 6.08 Å². The van der Waals surface area contributed by atoms with E-state index in [1.54, 1.807) is 11.0 Å². The van der Waals surface area contributed by atoms with Gasteiger partial charge in [-0.1, -0.05) is 18.7 Å². The van der Waals surface area contributed by atoms with Crippen LogP contribution in [-0.4, -0.2) is 40.8 Å². The zero-order valence-corrected chi connectivity index (χ0v) is 9.46. The molecule has 92 valence electrons. The normalized spacial score (nSPS) is 26.4. The molecule has 0 aromatic rings. The number of fused-ring (bicyclic) bond motifs is 2. The Hall–Kier alpha value is -1.78. The van der Waals surface area contributed by atoms with E-state index in [0.29, 0.717) is 12.0 Å². The van der Waals surface area contributed by atoms with E-state index in [0.717, 1.165) is 12.8 Å². The van der Waals surface area contributed by atoms with Crippen LogP contribution >= 0.6 is 0 Å². The van der Waals surface area contributed by atoms with Crippen LogP contribution in [0.2, 0.25) is 0 Å². The fourth-order valence-electron chi connectivity index (χ4n) is 2.48. The van der Waals surface area contributed by atoms with Crippen LogP contribution in [0.3, 0.4) is 0 Å². The van der Waals surface area contributed by atoms with Gasteiger partial charge in [0.15, 0.2) is 0 Å². The number of hydrogen-bond acceptors (Lipinski definition) is 3. The van der Waals surface area contributed by atoms with Gasteiger partial charge in [-0.15, -0.1) is 0 Å². The molecule has 2 atom stereocenters. The first kappa shape index (κ1) is 11.7.